The van der Waals surface area contributed by atoms with E-state index in [9.17, 15) is 14.0 Å². The average Bonchev–Trinajstić information content (AvgIpc) is 2.74. The summed E-state index contributed by atoms with van der Waals surface area (Å²) in [7, 11) is 0. The van der Waals surface area contributed by atoms with Crippen molar-refractivity contribution in [3.05, 3.63) is 99.2 Å². The van der Waals surface area contributed by atoms with Gasteiger partial charge in [-0.2, -0.15) is 0 Å². The van der Waals surface area contributed by atoms with Gasteiger partial charge in [0.2, 0.25) is 0 Å². The topological polar surface area (TPSA) is 60.3 Å². The number of ketones is 1. The van der Waals surface area contributed by atoms with Gasteiger partial charge in [-0.15, -0.1) is 0 Å². The molecule has 0 amide bonds. The Labute approximate surface area is 167 Å². The normalized spacial score (nSPS) is 13.0. The summed E-state index contributed by atoms with van der Waals surface area (Å²) in [5, 5.41) is 3.30. The monoisotopic (exact) mass is 392 g/mol. The molecule has 0 saturated heterocycles. The number of nitrogens with zero attached hydrogens (tertiary/aromatic N) is 1. The highest BCUT2D eigenvalue weighted by molar-refractivity contribution is 5.96. The van der Waals surface area contributed by atoms with E-state index in [1.165, 1.54) is 28.3 Å². The van der Waals surface area contributed by atoms with E-state index in [2.05, 4.69) is 5.32 Å². The van der Waals surface area contributed by atoms with E-state index in [1.807, 2.05) is 18.2 Å². The Hall–Kier alpha value is -3.25. The third-order valence-electron chi connectivity index (χ3n) is 5.02. The second kappa shape index (κ2) is 8.41. The van der Waals surface area contributed by atoms with Crippen LogP contribution in [0.15, 0.2) is 65.6 Å². The zero-order valence-electron chi connectivity index (χ0n) is 15.9. The molecule has 148 valence electrons. The number of carbonyl (C=O) groups is 1. The van der Waals surface area contributed by atoms with E-state index < -0.39 is 0 Å². The molecule has 0 spiro atoms. The predicted octanol–water partition coefficient (Wildman–Crippen LogP) is 3.10. The number of ether oxygens (including phenoxy) is 1. The molecule has 3 aromatic rings. The van der Waals surface area contributed by atoms with Gasteiger partial charge in [0.05, 0.1) is 6.54 Å². The quantitative estimate of drug-likeness (QED) is 0.655. The first-order chi connectivity index (χ1) is 14.1. The maximum Gasteiger partial charge on any atom is 0.254 e. The molecule has 5 nitrogen and oxygen atoms in total. The van der Waals surface area contributed by atoms with E-state index in [1.54, 1.807) is 24.4 Å². The van der Waals surface area contributed by atoms with Crippen molar-refractivity contribution in [2.24, 2.45) is 0 Å². The number of Topliss-reactive ketones (excluding diaryl/α,β-unsaturated/α-hetero) is 1. The van der Waals surface area contributed by atoms with E-state index in [0.29, 0.717) is 11.3 Å². The average molecular weight is 392 g/mol. The fourth-order valence-electron chi connectivity index (χ4n) is 3.36. The van der Waals surface area contributed by atoms with Crippen molar-refractivity contribution in [1.82, 2.24) is 9.88 Å². The van der Waals surface area contributed by atoms with Crippen LogP contribution < -0.4 is 15.6 Å². The number of rotatable bonds is 6. The molecule has 0 fully saturated rings. The summed E-state index contributed by atoms with van der Waals surface area (Å²) < 4.78 is 19.9. The van der Waals surface area contributed by atoms with E-state index in [4.69, 9.17) is 4.74 Å². The van der Waals surface area contributed by atoms with Crippen molar-refractivity contribution in [1.29, 1.82) is 0 Å². The lowest BCUT2D eigenvalue weighted by Crippen LogP contribution is -2.25. The maximum atomic E-state index is 12.9. The molecule has 6 heteroatoms. The van der Waals surface area contributed by atoms with Crippen LogP contribution in [0.4, 0.5) is 4.39 Å². The smallest absolute Gasteiger partial charge is 0.254 e. The first-order valence-corrected chi connectivity index (χ1v) is 9.52. The van der Waals surface area contributed by atoms with Crippen LogP contribution in [0, 0.1) is 5.82 Å². The first-order valence-electron chi connectivity index (χ1n) is 9.52. The van der Waals surface area contributed by atoms with E-state index in [0.717, 1.165) is 30.6 Å². The number of benzene rings is 2. The van der Waals surface area contributed by atoms with Gasteiger partial charge in [-0.25, -0.2) is 4.39 Å². The summed E-state index contributed by atoms with van der Waals surface area (Å²) in [6, 6.07) is 14.7. The number of hydrogen-bond acceptors (Lipinski definition) is 4. The number of aromatic nitrogens is 1. The number of pyridine rings is 1. The Kier molecular flexibility index (Phi) is 5.53. The van der Waals surface area contributed by atoms with Gasteiger partial charge in [0.15, 0.2) is 5.78 Å². The second-order valence-corrected chi connectivity index (χ2v) is 7.08. The SMILES string of the molecule is O=C(Cn1ccc(OCc2ccc(F)cc2)cc1=O)c1ccc2c(c1)CNCC2. The van der Waals surface area contributed by atoms with Gasteiger partial charge in [0.25, 0.3) is 5.56 Å². The van der Waals surface area contributed by atoms with Crippen LogP contribution in [0.2, 0.25) is 0 Å². The summed E-state index contributed by atoms with van der Waals surface area (Å²) in [6.45, 7) is 1.91. The Morgan fingerprint density at radius 1 is 1.07 bits per heavy atom. The van der Waals surface area contributed by atoms with Gasteiger partial charge in [0, 0.05) is 24.4 Å². The minimum atomic E-state index is -0.311. The highest BCUT2D eigenvalue weighted by atomic mass is 19.1. The first kappa shape index (κ1) is 19.1. The second-order valence-electron chi connectivity index (χ2n) is 7.08. The Balaban J connectivity index is 1.42. The molecule has 0 unspecified atom stereocenters. The largest absolute Gasteiger partial charge is 0.489 e. The Morgan fingerprint density at radius 2 is 1.90 bits per heavy atom. The number of carbonyl (C=O) groups excluding carboxylic acids is 1. The number of halogens is 1. The van der Waals surface area contributed by atoms with Crippen molar-refractivity contribution < 1.29 is 13.9 Å². The molecule has 0 saturated carbocycles. The van der Waals surface area contributed by atoms with Crippen LogP contribution >= 0.6 is 0 Å². The minimum absolute atomic E-state index is 0.0245. The van der Waals surface area contributed by atoms with Gasteiger partial charge in [-0.3, -0.25) is 9.59 Å². The van der Waals surface area contributed by atoms with Crippen molar-refractivity contribution in [3.8, 4) is 5.75 Å². The zero-order valence-corrected chi connectivity index (χ0v) is 15.9. The standard InChI is InChI=1S/C23H21FN2O3/c24-20-5-1-16(2-6-20)15-29-21-8-10-26(23(28)12-21)14-22(27)18-4-3-17-7-9-25-13-19(17)11-18/h1-6,8,10-12,25H,7,9,13-15H2. The van der Waals surface area contributed by atoms with Crippen molar-refractivity contribution in [3.63, 3.8) is 0 Å². The fraction of sp³-hybridized carbons (Fsp3) is 0.217. The van der Waals surface area contributed by atoms with Gasteiger partial charge in [0.1, 0.15) is 18.2 Å². The van der Waals surface area contributed by atoms with Crippen LogP contribution in [-0.2, 0) is 26.1 Å². The van der Waals surface area contributed by atoms with E-state index >= 15 is 0 Å². The summed E-state index contributed by atoms with van der Waals surface area (Å²) in [6.07, 6.45) is 2.52. The van der Waals surface area contributed by atoms with Crippen molar-refractivity contribution in [2.45, 2.75) is 26.1 Å². The van der Waals surface area contributed by atoms with Crippen LogP contribution in [0.5, 0.6) is 5.75 Å². The summed E-state index contributed by atoms with van der Waals surface area (Å²) in [4.78, 5) is 25.0. The lowest BCUT2D eigenvalue weighted by Gasteiger charge is -2.17. The molecule has 0 radical (unpaired) electrons. The highest BCUT2D eigenvalue weighted by Crippen LogP contribution is 2.17. The number of nitrogens with one attached hydrogen (secondary N) is 1. The Morgan fingerprint density at radius 3 is 2.69 bits per heavy atom. The zero-order chi connectivity index (χ0) is 20.2. The molecular weight excluding hydrogens is 371 g/mol. The van der Waals surface area contributed by atoms with Crippen molar-refractivity contribution in [2.75, 3.05) is 6.54 Å². The summed E-state index contributed by atoms with van der Waals surface area (Å²) >= 11 is 0. The molecular formula is C23H21FN2O3. The Bertz CT molecular complexity index is 1090. The van der Waals surface area contributed by atoms with Crippen LogP contribution in [0.3, 0.4) is 0 Å². The molecule has 0 bridgehead atoms. The minimum Gasteiger partial charge on any atom is -0.489 e. The molecule has 1 aliphatic rings. The number of fused-ring (bicyclic) bond motifs is 1. The maximum absolute atomic E-state index is 12.9. The fourth-order valence-corrected chi connectivity index (χ4v) is 3.36. The summed E-state index contributed by atoms with van der Waals surface area (Å²) in [5.41, 5.74) is 3.50. The molecule has 1 aromatic heterocycles. The third-order valence-corrected chi connectivity index (χ3v) is 5.02. The molecule has 0 aliphatic carbocycles. The molecule has 2 heterocycles. The molecule has 1 N–H and O–H groups in total. The molecule has 4 rings (SSSR count). The van der Waals surface area contributed by atoms with Crippen LogP contribution in [0.1, 0.15) is 27.0 Å². The van der Waals surface area contributed by atoms with Gasteiger partial charge in [-0.05, 0) is 53.9 Å². The summed E-state index contributed by atoms with van der Waals surface area (Å²) in [5.74, 6) is -0.0143. The van der Waals surface area contributed by atoms with Gasteiger partial charge < -0.3 is 14.6 Å². The molecule has 29 heavy (non-hydrogen) atoms. The lowest BCUT2D eigenvalue weighted by molar-refractivity contribution is 0.0970. The highest BCUT2D eigenvalue weighted by Gasteiger charge is 2.13. The predicted molar refractivity (Wildman–Crippen MR) is 108 cm³/mol. The lowest BCUT2D eigenvalue weighted by atomic mass is 9.97. The van der Waals surface area contributed by atoms with Crippen molar-refractivity contribution >= 4 is 5.78 Å². The van der Waals surface area contributed by atoms with Gasteiger partial charge in [-0.1, -0.05) is 24.3 Å². The van der Waals surface area contributed by atoms with Gasteiger partial charge >= 0.3 is 0 Å². The molecule has 0 atom stereocenters. The van der Waals surface area contributed by atoms with Crippen LogP contribution in [0.25, 0.3) is 0 Å². The molecule has 2 aromatic carbocycles. The van der Waals surface area contributed by atoms with Crippen LogP contribution in [-0.4, -0.2) is 16.9 Å². The molecule has 1 aliphatic heterocycles. The third kappa shape index (κ3) is 4.60. The number of hydrogen-bond donors (Lipinski definition) is 1. The van der Waals surface area contributed by atoms with E-state index in [-0.39, 0.29) is 30.3 Å².